The van der Waals surface area contributed by atoms with Crippen LogP contribution in [0.2, 0.25) is 0 Å². The van der Waals surface area contributed by atoms with Crippen molar-refractivity contribution in [3.8, 4) is 29.1 Å². The molecule has 0 aliphatic heterocycles. The average molecular weight is 579 g/mol. The summed E-state index contributed by atoms with van der Waals surface area (Å²) in [5, 5.41) is 10.0. The number of rotatable bonds is 7. The molecule has 0 aliphatic carbocycles. The van der Waals surface area contributed by atoms with Crippen LogP contribution in [0.4, 0.5) is 17.6 Å². The highest BCUT2D eigenvalue weighted by Crippen LogP contribution is 2.34. The van der Waals surface area contributed by atoms with E-state index in [-0.39, 0.29) is 23.6 Å². The second-order valence-electron chi connectivity index (χ2n) is 9.32. The predicted molar refractivity (Wildman–Crippen MR) is 143 cm³/mol. The summed E-state index contributed by atoms with van der Waals surface area (Å²) in [5.74, 6) is -0.0352. The second-order valence-corrected chi connectivity index (χ2v) is 9.32. The molecular formula is C29H22F4N6O3. The topological polar surface area (TPSA) is 108 Å². The number of methoxy groups -OCH3 is 1. The maximum absolute atomic E-state index is 15.2. The van der Waals surface area contributed by atoms with Crippen LogP contribution in [0.15, 0.2) is 59.8 Å². The lowest BCUT2D eigenvalue weighted by molar-refractivity contribution is -0.138. The van der Waals surface area contributed by atoms with E-state index < -0.39 is 29.7 Å². The quantitative estimate of drug-likeness (QED) is 0.245. The number of aromatic nitrogens is 5. The van der Waals surface area contributed by atoms with Gasteiger partial charge in [-0.3, -0.25) is 4.79 Å². The van der Waals surface area contributed by atoms with Crippen molar-refractivity contribution in [3.05, 3.63) is 99.2 Å². The summed E-state index contributed by atoms with van der Waals surface area (Å²) < 4.78 is 69.0. The van der Waals surface area contributed by atoms with Gasteiger partial charge in [-0.25, -0.2) is 19.3 Å². The van der Waals surface area contributed by atoms with E-state index in [0.717, 1.165) is 16.8 Å². The van der Waals surface area contributed by atoms with Crippen molar-refractivity contribution in [1.29, 1.82) is 5.26 Å². The van der Waals surface area contributed by atoms with Gasteiger partial charge in [0.1, 0.15) is 46.8 Å². The van der Waals surface area contributed by atoms with Crippen LogP contribution in [0.1, 0.15) is 28.1 Å². The lowest BCUT2D eigenvalue weighted by Crippen LogP contribution is -2.29. The van der Waals surface area contributed by atoms with E-state index >= 15 is 4.39 Å². The first kappa shape index (κ1) is 28.3. The third kappa shape index (κ3) is 5.14. The Balaban J connectivity index is 1.56. The molecule has 214 valence electrons. The molecule has 0 atom stereocenters. The number of alkyl halides is 3. The summed E-state index contributed by atoms with van der Waals surface area (Å²) in [6, 6.07) is 10.9. The van der Waals surface area contributed by atoms with Crippen molar-refractivity contribution in [2.75, 3.05) is 7.11 Å². The van der Waals surface area contributed by atoms with E-state index in [1.165, 1.54) is 19.5 Å². The molecule has 9 nitrogen and oxygen atoms in total. The van der Waals surface area contributed by atoms with Crippen LogP contribution in [0, 0.1) is 24.1 Å². The number of nitrogens with zero attached hydrogens (tertiary/aromatic N) is 6. The number of imidazole rings is 1. The minimum atomic E-state index is -4.86. The molecule has 4 heterocycles. The van der Waals surface area contributed by atoms with E-state index in [1.807, 2.05) is 12.1 Å². The lowest BCUT2D eigenvalue weighted by Gasteiger charge is -2.17. The maximum atomic E-state index is 15.2. The van der Waals surface area contributed by atoms with Crippen molar-refractivity contribution in [3.63, 3.8) is 0 Å². The molecule has 0 bridgehead atoms. The fourth-order valence-electron chi connectivity index (χ4n) is 4.65. The monoisotopic (exact) mass is 578 g/mol. The van der Waals surface area contributed by atoms with Crippen LogP contribution in [0.5, 0.6) is 11.6 Å². The molecule has 13 heteroatoms. The fraction of sp³-hybridized carbons (Fsp3) is 0.207. The van der Waals surface area contributed by atoms with Crippen LogP contribution < -0.4 is 15.0 Å². The van der Waals surface area contributed by atoms with Crippen LogP contribution in [0.3, 0.4) is 0 Å². The highest BCUT2D eigenvalue weighted by Gasteiger charge is 2.34. The molecular weight excluding hydrogens is 556 g/mol. The van der Waals surface area contributed by atoms with E-state index in [9.17, 15) is 23.2 Å². The molecule has 0 unspecified atom stereocenters. The molecule has 0 radical (unpaired) electrons. The minimum Gasteiger partial charge on any atom is -0.486 e. The average Bonchev–Trinajstić information content (AvgIpc) is 3.32. The number of pyridine rings is 3. The summed E-state index contributed by atoms with van der Waals surface area (Å²) in [5.41, 5.74) is -0.503. The molecule has 4 aromatic heterocycles. The third-order valence-electron chi connectivity index (χ3n) is 6.70. The molecule has 0 N–H and O–H groups in total. The molecule has 0 fully saturated rings. The van der Waals surface area contributed by atoms with Gasteiger partial charge in [-0.05, 0) is 31.2 Å². The van der Waals surface area contributed by atoms with Crippen molar-refractivity contribution >= 4 is 10.9 Å². The van der Waals surface area contributed by atoms with E-state index in [4.69, 9.17) is 9.47 Å². The van der Waals surface area contributed by atoms with Gasteiger partial charge in [0.2, 0.25) is 5.88 Å². The standard InChI is InChI=1S/C29H22F4N6O3/c1-16-10-19(26-35-12-17(11-34)38(26)2)18-6-4-8-24(25(18)37-16)42-15-21-20(27(41-3)36-13-23(21)30)14-39-9-5-7-22(28(39)40)29(31,32)33/h4-10,12-13H,14-15H2,1-3H3. The number of benzene rings is 1. The summed E-state index contributed by atoms with van der Waals surface area (Å²) in [7, 11) is 3.00. The molecule has 1 aromatic carbocycles. The van der Waals surface area contributed by atoms with Crippen LogP contribution in [-0.4, -0.2) is 31.2 Å². The normalized spacial score (nSPS) is 11.5. The first-order chi connectivity index (χ1) is 20.0. The van der Waals surface area contributed by atoms with E-state index in [0.29, 0.717) is 45.5 Å². The van der Waals surface area contributed by atoms with Gasteiger partial charge in [-0.2, -0.15) is 18.4 Å². The summed E-state index contributed by atoms with van der Waals surface area (Å²) in [6.45, 7) is 0.956. The number of hydrogen-bond donors (Lipinski definition) is 0. The number of ether oxygens (including phenoxy) is 2. The van der Waals surface area contributed by atoms with Gasteiger partial charge in [-0.15, -0.1) is 0 Å². The Kier molecular flexibility index (Phi) is 7.38. The van der Waals surface area contributed by atoms with Crippen LogP contribution in [-0.2, 0) is 26.4 Å². The van der Waals surface area contributed by atoms with E-state index in [1.54, 1.807) is 30.7 Å². The zero-order valence-corrected chi connectivity index (χ0v) is 22.5. The van der Waals surface area contributed by atoms with Gasteiger partial charge in [0, 0.05) is 41.0 Å². The van der Waals surface area contributed by atoms with Crippen molar-refractivity contribution in [1.82, 2.24) is 24.1 Å². The van der Waals surface area contributed by atoms with Gasteiger partial charge < -0.3 is 18.6 Å². The molecule has 0 spiro atoms. The Morgan fingerprint density at radius 1 is 1.10 bits per heavy atom. The van der Waals surface area contributed by atoms with Gasteiger partial charge in [-0.1, -0.05) is 12.1 Å². The molecule has 5 rings (SSSR count). The second kappa shape index (κ2) is 11.0. The number of para-hydroxylation sites is 1. The molecule has 0 saturated carbocycles. The van der Waals surface area contributed by atoms with Gasteiger partial charge in [0.05, 0.1) is 26.0 Å². The van der Waals surface area contributed by atoms with E-state index in [2.05, 4.69) is 21.0 Å². The fourth-order valence-corrected chi connectivity index (χ4v) is 4.65. The Labute approximate surface area is 236 Å². The minimum absolute atomic E-state index is 0.0426. The van der Waals surface area contributed by atoms with Crippen LogP contribution in [0.25, 0.3) is 22.3 Å². The largest absolute Gasteiger partial charge is 0.486 e. The first-order valence-electron chi connectivity index (χ1n) is 12.5. The van der Waals surface area contributed by atoms with Gasteiger partial charge in [0.25, 0.3) is 5.56 Å². The summed E-state index contributed by atoms with van der Waals surface area (Å²) in [4.78, 5) is 25.5. The van der Waals surface area contributed by atoms with Gasteiger partial charge in [0.15, 0.2) is 0 Å². The lowest BCUT2D eigenvalue weighted by atomic mass is 10.1. The molecule has 0 amide bonds. The molecule has 0 aliphatic rings. The first-order valence-corrected chi connectivity index (χ1v) is 12.5. The number of nitriles is 1. The third-order valence-corrected chi connectivity index (χ3v) is 6.70. The predicted octanol–water partition coefficient (Wildman–Crippen LogP) is 5.17. The number of hydrogen-bond acceptors (Lipinski definition) is 7. The van der Waals surface area contributed by atoms with Crippen molar-refractivity contribution < 1.29 is 27.0 Å². The Morgan fingerprint density at radius 3 is 2.57 bits per heavy atom. The summed E-state index contributed by atoms with van der Waals surface area (Å²) >= 11 is 0. The van der Waals surface area contributed by atoms with Gasteiger partial charge >= 0.3 is 6.18 Å². The molecule has 42 heavy (non-hydrogen) atoms. The van der Waals surface area contributed by atoms with Crippen molar-refractivity contribution in [2.45, 2.75) is 26.3 Å². The number of aryl methyl sites for hydroxylation is 1. The Hall–Kier alpha value is -5.25. The number of halogens is 4. The molecule has 5 aromatic rings. The zero-order chi connectivity index (χ0) is 30.2. The molecule has 0 saturated heterocycles. The zero-order valence-electron chi connectivity index (χ0n) is 22.5. The Morgan fingerprint density at radius 2 is 1.88 bits per heavy atom. The number of fused-ring (bicyclic) bond motifs is 1. The highest BCUT2D eigenvalue weighted by atomic mass is 19.4. The Bertz CT molecular complexity index is 1920. The summed E-state index contributed by atoms with van der Waals surface area (Å²) in [6.07, 6.45) is -1.32. The SMILES string of the molecule is COc1ncc(F)c(COc2cccc3c(-c4ncc(C#N)n4C)cc(C)nc23)c1Cn1cccc(C(F)(F)F)c1=O. The van der Waals surface area contributed by atoms with Crippen LogP contribution >= 0.6 is 0 Å². The smallest absolute Gasteiger partial charge is 0.421 e. The highest BCUT2D eigenvalue weighted by molar-refractivity contribution is 5.96. The van der Waals surface area contributed by atoms with Crippen molar-refractivity contribution in [2.24, 2.45) is 7.05 Å². The maximum Gasteiger partial charge on any atom is 0.421 e.